The molecule has 0 unspecified atom stereocenters. The molecule has 14 nitrogen and oxygen atoms in total. The smallest absolute Gasteiger partial charge is 0.227 e. The van der Waals surface area contributed by atoms with Gasteiger partial charge in [0.25, 0.3) is 0 Å². The van der Waals surface area contributed by atoms with Crippen molar-refractivity contribution < 1.29 is 9.47 Å². The first-order valence-electron chi connectivity index (χ1n) is 23.8. The molecule has 0 aliphatic carbocycles. The molecule has 348 valence electrons. The summed E-state index contributed by atoms with van der Waals surface area (Å²) >= 11 is 0. The van der Waals surface area contributed by atoms with E-state index in [1.165, 1.54) is 42.4 Å². The van der Waals surface area contributed by atoms with E-state index in [9.17, 15) is 0 Å². The number of anilines is 6. The van der Waals surface area contributed by atoms with E-state index in [0.717, 1.165) is 92.0 Å². The molecule has 3 atom stereocenters. The van der Waals surface area contributed by atoms with Crippen molar-refractivity contribution in [3.05, 3.63) is 156 Å². The van der Waals surface area contributed by atoms with Gasteiger partial charge in [0.05, 0.1) is 37.4 Å². The average Bonchev–Trinajstić information content (AvgIpc) is 3.88. The molecule has 10 rings (SSSR count). The highest BCUT2D eigenvalue weighted by Crippen LogP contribution is 2.28. The van der Waals surface area contributed by atoms with E-state index in [1.54, 1.807) is 12.4 Å². The second-order valence-corrected chi connectivity index (χ2v) is 16.9. The maximum absolute atomic E-state index is 5.77. The standard InChI is InChI=1S/C19H20N4O.C17H22N4O.C17H22N4/c1-2-4-14(5-3-1)17-12-19(23-22-17)21-16-8-6-15(7-9-16)18-13-20-10-11-24-18;1-2-22-16-11-19-17(20-12-16)21-15-7-5-13(6-8-15)14-4-3-9-18-10-14;1-2-13-10-19-17(20-11-13)21-16-7-5-14(6-8-16)15-4-3-9-18-12-15/h1-9,12,18,20H,10-11,13H2,(H2,21,22,23);5-8,11-12,14,18H,2-4,9-10H2,1H3,(H,19,20,21);5-8,10-11,15,18H,2-4,9,12H2,1H3,(H,19,20,21)/t18-;14-;15-/m111/s1. The van der Waals surface area contributed by atoms with Crippen molar-refractivity contribution in [3.63, 3.8) is 0 Å². The number of aryl methyl sites for hydroxylation is 1. The molecule has 14 heteroatoms. The van der Waals surface area contributed by atoms with Crippen LogP contribution in [0.2, 0.25) is 0 Å². The van der Waals surface area contributed by atoms with Crippen molar-refractivity contribution in [3.8, 4) is 17.0 Å². The Bertz CT molecular complexity index is 2470. The van der Waals surface area contributed by atoms with Gasteiger partial charge in [-0.05, 0) is 128 Å². The number of hydrogen-bond donors (Lipinski definition) is 7. The van der Waals surface area contributed by atoms with Crippen molar-refractivity contribution in [2.75, 3.05) is 68.4 Å². The summed E-state index contributed by atoms with van der Waals surface area (Å²) in [6.45, 7) is 11.7. The van der Waals surface area contributed by atoms with Crippen LogP contribution in [0.3, 0.4) is 0 Å². The van der Waals surface area contributed by atoms with E-state index in [0.29, 0.717) is 36.1 Å². The number of benzene rings is 4. The molecule has 7 N–H and O–H groups in total. The molecule has 0 amide bonds. The van der Waals surface area contributed by atoms with Gasteiger partial charge in [0.2, 0.25) is 11.9 Å². The molecule has 0 spiro atoms. The zero-order valence-electron chi connectivity index (χ0n) is 38.7. The van der Waals surface area contributed by atoms with Crippen molar-refractivity contribution in [2.45, 2.75) is 63.9 Å². The van der Waals surface area contributed by atoms with Gasteiger partial charge in [-0.15, -0.1) is 0 Å². The van der Waals surface area contributed by atoms with E-state index >= 15 is 0 Å². The first-order valence-corrected chi connectivity index (χ1v) is 23.8. The highest BCUT2D eigenvalue weighted by atomic mass is 16.5. The average molecular weight is 901 g/mol. The Balaban J connectivity index is 0.000000137. The van der Waals surface area contributed by atoms with Crippen LogP contribution in [-0.4, -0.2) is 82.6 Å². The molecule has 4 aromatic carbocycles. The number of piperidine rings is 2. The third-order valence-corrected chi connectivity index (χ3v) is 12.1. The second-order valence-electron chi connectivity index (χ2n) is 16.9. The number of nitrogens with one attached hydrogen (secondary N) is 7. The summed E-state index contributed by atoms with van der Waals surface area (Å²) in [4.78, 5) is 17.1. The zero-order valence-corrected chi connectivity index (χ0v) is 38.7. The van der Waals surface area contributed by atoms with Crippen molar-refractivity contribution in [1.29, 1.82) is 0 Å². The summed E-state index contributed by atoms with van der Waals surface area (Å²) in [5, 5.41) is 27.4. The van der Waals surface area contributed by atoms with Crippen LogP contribution in [0.25, 0.3) is 11.3 Å². The lowest BCUT2D eigenvalue weighted by Gasteiger charge is -2.24. The van der Waals surface area contributed by atoms with E-state index in [4.69, 9.17) is 9.47 Å². The molecule has 6 heterocycles. The Labute approximate surface area is 394 Å². The van der Waals surface area contributed by atoms with Crippen LogP contribution in [0, 0.1) is 0 Å². The van der Waals surface area contributed by atoms with Gasteiger partial charge in [0.15, 0.2) is 11.6 Å². The van der Waals surface area contributed by atoms with E-state index in [-0.39, 0.29) is 6.10 Å². The number of aromatic nitrogens is 6. The molecule has 3 fully saturated rings. The van der Waals surface area contributed by atoms with Gasteiger partial charge in [-0.2, -0.15) is 5.10 Å². The van der Waals surface area contributed by atoms with Gasteiger partial charge in [-0.25, -0.2) is 19.9 Å². The summed E-state index contributed by atoms with van der Waals surface area (Å²) in [5.41, 5.74) is 10.3. The Kier molecular flexibility index (Phi) is 17.3. The molecule has 3 aromatic heterocycles. The largest absolute Gasteiger partial charge is 0.491 e. The Hall–Kier alpha value is -6.71. The molecular weight excluding hydrogens is 837 g/mol. The normalized spacial score (nSPS) is 18.0. The third-order valence-electron chi connectivity index (χ3n) is 12.1. The SMILES string of the molecule is CCOc1cnc(Nc2ccc([C@@H]3CCCNC3)cc2)nc1.CCc1cnc(Nc2ccc([C@@H]3CCCNC3)cc2)nc1.c1ccc(-c2cc(Nc3ccc([C@H]4CNCCO4)cc3)n[nH]2)cc1. The summed E-state index contributed by atoms with van der Waals surface area (Å²) in [6, 6.07) is 37.7. The van der Waals surface area contributed by atoms with Crippen LogP contribution >= 0.6 is 0 Å². The summed E-state index contributed by atoms with van der Waals surface area (Å²) in [5.74, 6) is 4.00. The van der Waals surface area contributed by atoms with Crippen LogP contribution in [0.1, 0.15) is 79.7 Å². The van der Waals surface area contributed by atoms with E-state index in [2.05, 4.69) is 154 Å². The van der Waals surface area contributed by atoms with Gasteiger partial charge in [-0.1, -0.05) is 73.7 Å². The summed E-state index contributed by atoms with van der Waals surface area (Å²) in [6.07, 6.45) is 13.3. The molecular formula is C53H64N12O2. The highest BCUT2D eigenvalue weighted by Gasteiger charge is 2.17. The zero-order chi connectivity index (χ0) is 45.9. The van der Waals surface area contributed by atoms with Gasteiger partial charge in [0.1, 0.15) is 0 Å². The minimum atomic E-state index is 0.142. The maximum Gasteiger partial charge on any atom is 0.227 e. The topological polar surface area (TPSA) is 171 Å². The number of rotatable bonds is 13. The lowest BCUT2D eigenvalue weighted by Crippen LogP contribution is -2.33. The van der Waals surface area contributed by atoms with Crippen molar-refractivity contribution in [1.82, 2.24) is 46.1 Å². The number of morpholine rings is 1. The molecule has 0 saturated carbocycles. The van der Waals surface area contributed by atoms with Gasteiger partial charge >= 0.3 is 0 Å². The van der Waals surface area contributed by atoms with E-state index in [1.807, 2.05) is 43.6 Å². The second kappa shape index (κ2) is 24.7. The molecule has 3 aliphatic rings. The van der Waals surface area contributed by atoms with Gasteiger partial charge in [-0.3, -0.25) is 5.10 Å². The fraction of sp³-hybridized carbons (Fsp3) is 0.340. The predicted octanol–water partition coefficient (Wildman–Crippen LogP) is 9.82. The summed E-state index contributed by atoms with van der Waals surface area (Å²) in [7, 11) is 0. The number of H-pyrrole nitrogens is 1. The monoisotopic (exact) mass is 901 g/mol. The fourth-order valence-electron chi connectivity index (χ4n) is 8.29. The molecule has 0 radical (unpaired) electrons. The lowest BCUT2D eigenvalue weighted by molar-refractivity contribution is 0.0277. The highest BCUT2D eigenvalue weighted by molar-refractivity contribution is 5.66. The van der Waals surface area contributed by atoms with Crippen LogP contribution < -0.4 is 36.6 Å². The molecule has 0 bridgehead atoms. The minimum Gasteiger partial charge on any atom is -0.491 e. The number of nitrogens with zero attached hydrogens (tertiary/aromatic N) is 5. The van der Waals surface area contributed by atoms with E-state index < -0.39 is 0 Å². The van der Waals surface area contributed by atoms with Crippen LogP contribution in [0.15, 0.2) is 134 Å². The Morgan fingerprint density at radius 3 is 1.64 bits per heavy atom. The minimum absolute atomic E-state index is 0.142. The first kappa shape index (κ1) is 46.8. The van der Waals surface area contributed by atoms with Gasteiger partial charge < -0.3 is 41.4 Å². The predicted molar refractivity (Wildman–Crippen MR) is 269 cm³/mol. The number of ether oxygens (including phenoxy) is 2. The number of hydrogen-bond acceptors (Lipinski definition) is 13. The molecule has 3 saturated heterocycles. The molecule has 3 aliphatic heterocycles. The van der Waals surface area contributed by atoms with Gasteiger partial charge in [0, 0.05) is 61.7 Å². The maximum atomic E-state index is 5.77. The molecule has 67 heavy (non-hydrogen) atoms. The van der Waals surface area contributed by atoms with Crippen LogP contribution in [-0.2, 0) is 11.2 Å². The van der Waals surface area contributed by atoms with Crippen molar-refractivity contribution >= 4 is 34.8 Å². The quantitative estimate of drug-likeness (QED) is 0.0584. The van der Waals surface area contributed by atoms with Crippen LogP contribution in [0.4, 0.5) is 34.8 Å². The third kappa shape index (κ3) is 14.1. The molecule has 7 aromatic rings. The summed E-state index contributed by atoms with van der Waals surface area (Å²) < 4.78 is 11.1. The fourth-order valence-corrected chi connectivity index (χ4v) is 8.29. The first-order chi connectivity index (χ1) is 33.1. The Morgan fingerprint density at radius 1 is 0.597 bits per heavy atom. The van der Waals surface area contributed by atoms with Crippen LogP contribution in [0.5, 0.6) is 5.75 Å². The lowest BCUT2D eigenvalue weighted by atomic mass is 9.92. The number of aromatic amines is 1. The van der Waals surface area contributed by atoms with Crippen molar-refractivity contribution in [2.24, 2.45) is 0 Å². The Morgan fingerprint density at radius 2 is 1.13 bits per heavy atom.